The highest BCUT2D eigenvalue weighted by molar-refractivity contribution is 5.77. The highest BCUT2D eigenvalue weighted by Crippen LogP contribution is 2.61. The lowest BCUT2D eigenvalue weighted by molar-refractivity contribution is -0.162. The van der Waals surface area contributed by atoms with Crippen LogP contribution in [0.2, 0.25) is 0 Å². The third-order valence-electron chi connectivity index (χ3n) is 7.04. The van der Waals surface area contributed by atoms with Crippen LogP contribution >= 0.6 is 0 Å². The number of benzene rings is 1. The number of aliphatic hydroxyl groups excluding tert-OH is 1. The van der Waals surface area contributed by atoms with Gasteiger partial charge in [-0.3, -0.25) is 4.79 Å². The molecule has 2 aliphatic carbocycles. The molecule has 4 atom stereocenters. The van der Waals surface area contributed by atoms with Gasteiger partial charge in [0.15, 0.2) is 0 Å². The van der Waals surface area contributed by atoms with Crippen LogP contribution in [0.15, 0.2) is 12.1 Å². The van der Waals surface area contributed by atoms with E-state index < -0.39 is 11.5 Å². The first-order chi connectivity index (χ1) is 12.2. The standard InChI is InChI=1S/C22H32O4/c1-13(2)14-8-9-15-18(19(14)25-5)16(23)12-17-21(15,3)10-7-11-22(17,4)20(24)26-6/h8-9,13,16-17,23H,7,10-12H2,1-6H3/t16-,17+,21+,22+/m0/s1. The maximum absolute atomic E-state index is 12.6. The number of hydrogen-bond acceptors (Lipinski definition) is 4. The maximum Gasteiger partial charge on any atom is 0.311 e. The van der Waals surface area contributed by atoms with Gasteiger partial charge >= 0.3 is 5.97 Å². The predicted molar refractivity (Wildman–Crippen MR) is 101 cm³/mol. The van der Waals surface area contributed by atoms with Gasteiger partial charge in [-0.05, 0) is 54.6 Å². The second-order valence-electron chi connectivity index (χ2n) is 8.79. The van der Waals surface area contributed by atoms with Crippen LogP contribution in [-0.4, -0.2) is 25.3 Å². The maximum atomic E-state index is 12.6. The van der Waals surface area contributed by atoms with Gasteiger partial charge in [-0.15, -0.1) is 0 Å². The Morgan fingerprint density at radius 1 is 1.23 bits per heavy atom. The van der Waals surface area contributed by atoms with E-state index in [0.717, 1.165) is 41.7 Å². The number of aliphatic hydroxyl groups is 1. The second kappa shape index (κ2) is 6.56. The first-order valence-electron chi connectivity index (χ1n) is 9.68. The van der Waals surface area contributed by atoms with Crippen molar-refractivity contribution in [2.45, 2.75) is 70.8 Å². The van der Waals surface area contributed by atoms with Crippen LogP contribution in [0.1, 0.15) is 82.1 Å². The molecule has 2 aliphatic rings. The van der Waals surface area contributed by atoms with Crippen molar-refractivity contribution in [3.8, 4) is 5.75 Å². The minimum Gasteiger partial charge on any atom is -0.496 e. The summed E-state index contributed by atoms with van der Waals surface area (Å²) in [4.78, 5) is 12.6. The molecule has 0 heterocycles. The lowest BCUT2D eigenvalue weighted by atomic mass is 9.49. The number of esters is 1. The third kappa shape index (κ3) is 2.57. The van der Waals surface area contributed by atoms with E-state index in [2.05, 4.69) is 32.9 Å². The number of methoxy groups -OCH3 is 2. The molecule has 1 saturated carbocycles. The van der Waals surface area contributed by atoms with Gasteiger partial charge in [-0.2, -0.15) is 0 Å². The van der Waals surface area contributed by atoms with Crippen LogP contribution in [0, 0.1) is 11.3 Å². The lowest BCUT2D eigenvalue weighted by Gasteiger charge is -2.55. The normalized spacial score (nSPS) is 33.4. The van der Waals surface area contributed by atoms with Crippen LogP contribution in [0.3, 0.4) is 0 Å². The molecule has 0 aliphatic heterocycles. The van der Waals surface area contributed by atoms with Crippen molar-refractivity contribution in [3.05, 3.63) is 28.8 Å². The van der Waals surface area contributed by atoms with E-state index in [-0.39, 0.29) is 17.3 Å². The molecule has 0 bridgehead atoms. The number of fused-ring (bicyclic) bond motifs is 3. The van der Waals surface area contributed by atoms with Crippen molar-refractivity contribution in [2.75, 3.05) is 14.2 Å². The average molecular weight is 360 g/mol. The minimum atomic E-state index is -0.626. The summed E-state index contributed by atoms with van der Waals surface area (Å²) in [6.07, 6.45) is 2.73. The molecule has 0 amide bonds. The number of carbonyl (C=O) groups is 1. The molecule has 26 heavy (non-hydrogen) atoms. The summed E-state index contributed by atoms with van der Waals surface area (Å²) in [5.41, 5.74) is 2.45. The number of hydrogen-bond donors (Lipinski definition) is 1. The molecule has 1 aromatic rings. The van der Waals surface area contributed by atoms with Gasteiger partial charge in [0.25, 0.3) is 0 Å². The minimum absolute atomic E-state index is 0.0494. The van der Waals surface area contributed by atoms with Gasteiger partial charge in [0.1, 0.15) is 5.75 Å². The van der Waals surface area contributed by atoms with Gasteiger partial charge in [0.05, 0.1) is 25.7 Å². The Morgan fingerprint density at radius 3 is 2.50 bits per heavy atom. The molecule has 0 radical (unpaired) electrons. The molecule has 4 nitrogen and oxygen atoms in total. The van der Waals surface area contributed by atoms with Crippen molar-refractivity contribution in [1.29, 1.82) is 0 Å². The Balaban J connectivity index is 2.20. The van der Waals surface area contributed by atoms with Gasteiger partial charge < -0.3 is 14.6 Å². The zero-order valence-electron chi connectivity index (χ0n) is 16.9. The summed E-state index contributed by atoms with van der Waals surface area (Å²) in [5.74, 6) is 1.03. The van der Waals surface area contributed by atoms with E-state index in [1.165, 1.54) is 7.11 Å². The fourth-order valence-corrected chi connectivity index (χ4v) is 5.66. The highest BCUT2D eigenvalue weighted by Gasteiger charge is 2.57. The van der Waals surface area contributed by atoms with E-state index in [9.17, 15) is 9.90 Å². The van der Waals surface area contributed by atoms with Crippen LogP contribution in [-0.2, 0) is 14.9 Å². The van der Waals surface area contributed by atoms with Crippen molar-refractivity contribution < 1.29 is 19.4 Å². The molecule has 0 saturated heterocycles. The fraction of sp³-hybridized carbons (Fsp3) is 0.682. The fourth-order valence-electron chi connectivity index (χ4n) is 5.66. The molecule has 1 N–H and O–H groups in total. The molecule has 3 rings (SSSR count). The topological polar surface area (TPSA) is 55.8 Å². The Bertz CT molecular complexity index is 710. The van der Waals surface area contributed by atoms with E-state index in [4.69, 9.17) is 9.47 Å². The predicted octanol–water partition coefficient (Wildman–Crippen LogP) is 4.49. The molecular formula is C22H32O4. The van der Waals surface area contributed by atoms with Crippen molar-refractivity contribution in [2.24, 2.45) is 11.3 Å². The van der Waals surface area contributed by atoms with Crippen LogP contribution in [0.4, 0.5) is 0 Å². The summed E-state index contributed by atoms with van der Waals surface area (Å²) < 4.78 is 10.9. The highest BCUT2D eigenvalue weighted by atomic mass is 16.5. The van der Waals surface area contributed by atoms with E-state index in [1.54, 1.807) is 7.11 Å². The van der Waals surface area contributed by atoms with Crippen molar-refractivity contribution in [3.63, 3.8) is 0 Å². The van der Waals surface area contributed by atoms with Gasteiger partial charge in [0.2, 0.25) is 0 Å². The smallest absolute Gasteiger partial charge is 0.311 e. The third-order valence-corrected chi connectivity index (χ3v) is 7.04. The largest absolute Gasteiger partial charge is 0.496 e. The summed E-state index contributed by atoms with van der Waals surface area (Å²) in [7, 11) is 3.15. The molecular weight excluding hydrogens is 328 g/mol. The Labute approximate surface area is 156 Å². The van der Waals surface area contributed by atoms with E-state index >= 15 is 0 Å². The second-order valence-corrected chi connectivity index (χ2v) is 8.79. The van der Waals surface area contributed by atoms with Crippen molar-refractivity contribution in [1.82, 2.24) is 0 Å². The van der Waals surface area contributed by atoms with Gasteiger partial charge in [-0.1, -0.05) is 39.3 Å². The molecule has 144 valence electrons. The molecule has 4 heteroatoms. The average Bonchev–Trinajstić information content (AvgIpc) is 2.61. The molecule has 0 unspecified atom stereocenters. The number of rotatable bonds is 3. The van der Waals surface area contributed by atoms with Crippen LogP contribution < -0.4 is 4.74 Å². The number of carbonyl (C=O) groups excluding carboxylic acids is 1. The zero-order chi connectivity index (χ0) is 19.3. The van der Waals surface area contributed by atoms with Crippen LogP contribution in [0.5, 0.6) is 5.75 Å². The quantitative estimate of drug-likeness (QED) is 0.807. The first-order valence-corrected chi connectivity index (χ1v) is 9.68. The number of ether oxygens (including phenoxy) is 2. The van der Waals surface area contributed by atoms with Gasteiger partial charge in [0, 0.05) is 5.56 Å². The SMILES string of the molecule is COC(=O)[C@]1(C)CCC[C@]2(C)c3ccc(C(C)C)c(OC)c3[C@@H](O)C[C@@H]12. The van der Waals surface area contributed by atoms with Crippen LogP contribution in [0.25, 0.3) is 0 Å². The Morgan fingerprint density at radius 2 is 1.92 bits per heavy atom. The Kier molecular flexibility index (Phi) is 4.85. The summed E-state index contributed by atoms with van der Waals surface area (Å²) in [5, 5.41) is 11.1. The molecule has 1 fully saturated rings. The van der Waals surface area contributed by atoms with E-state index in [0.29, 0.717) is 12.3 Å². The lowest BCUT2D eigenvalue weighted by Crippen LogP contribution is -2.53. The summed E-state index contributed by atoms with van der Waals surface area (Å²) >= 11 is 0. The molecule has 0 spiro atoms. The summed E-state index contributed by atoms with van der Waals surface area (Å²) in [6.45, 7) is 8.54. The first kappa shape index (κ1) is 19.2. The Hall–Kier alpha value is -1.55. The van der Waals surface area contributed by atoms with Crippen molar-refractivity contribution >= 4 is 5.97 Å². The monoisotopic (exact) mass is 360 g/mol. The zero-order valence-corrected chi connectivity index (χ0v) is 16.9. The molecule has 0 aromatic heterocycles. The summed E-state index contributed by atoms with van der Waals surface area (Å²) in [6, 6.07) is 4.29. The van der Waals surface area contributed by atoms with Gasteiger partial charge in [-0.25, -0.2) is 0 Å². The van der Waals surface area contributed by atoms with E-state index in [1.807, 2.05) is 6.92 Å². The molecule has 1 aromatic carbocycles.